The van der Waals surface area contributed by atoms with Crippen molar-refractivity contribution in [3.8, 4) is 17.3 Å². The van der Waals surface area contributed by atoms with E-state index in [1.54, 1.807) is 0 Å². The van der Waals surface area contributed by atoms with Gasteiger partial charge in [-0.1, -0.05) is 0 Å². The Morgan fingerprint density at radius 1 is 1.05 bits per heavy atom. The Labute approximate surface area is 114 Å². The molecule has 0 radical (unpaired) electrons. The minimum atomic E-state index is 0.669. The van der Waals surface area contributed by atoms with Crippen LogP contribution in [0, 0.1) is 11.3 Å². The van der Waals surface area contributed by atoms with Crippen LogP contribution in [0.25, 0.3) is 33.2 Å². The molecule has 0 aliphatic carbocycles. The summed E-state index contributed by atoms with van der Waals surface area (Å²) in [5, 5.41) is 11.1. The lowest BCUT2D eigenvalue weighted by Crippen LogP contribution is -1.81. The molecule has 4 nitrogen and oxygen atoms in total. The molecule has 94 valence electrons. The van der Waals surface area contributed by atoms with E-state index in [0.717, 1.165) is 33.2 Å². The average molecular weight is 258 g/mol. The second-order valence-corrected chi connectivity index (χ2v) is 4.74. The number of H-pyrrole nitrogens is 2. The van der Waals surface area contributed by atoms with Crippen LogP contribution in [0.3, 0.4) is 0 Å². The van der Waals surface area contributed by atoms with Gasteiger partial charge in [0.1, 0.15) is 5.65 Å². The van der Waals surface area contributed by atoms with Gasteiger partial charge < -0.3 is 9.97 Å². The van der Waals surface area contributed by atoms with Gasteiger partial charge in [-0.2, -0.15) is 5.26 Å². The number of rotatable bonds is 1. The van der Waals surface area contributed by atoms with E-state index in [-0.39, 0.29) is 0 Å². The third-order valence-corrected chi connectivity index (χ3v) is 3.46. The van der Waals surface area contributed by atoms with Gasteiger partial charge in [0.2, 0.25) is 0 Å². The Balaban J connectivity index is 1.90. The monoisotopic (exact) mass is 258 g/mol. The lowest BCUT2D eigenvalue weighted by Gasteiger charge is -1.97. The predicted octanol–water partition coefficient (Wildman–Crippen LogP) is 3.58. The molecule has 4 rings (SSSR count). The molecule has 0 amide bonds. The molecule has 3 heterocycles. The van der Waals surface area contributed by atoms with E-state index >= 15 is 0 Å². The van der Waals surface area contributed by atoms with Crippen molar-refractivity contribution in [3.63, 3.8) is 0 Å². The summed E-state index contributed by atoms with van der Waals surface area (Å²) in [6.45, 7) is 0. The maximum atomic E-state index is 8.94. The van der Waals surface area contributed by atoms with E-state index in [2.05, 4.69) is 27.1 Å². The quantitative estimate of drug-likeness (QED) is 0.548. The van der Waals surface area contributed by atoms with Gasteiger partial charge in [-0.25, -0.2) is 4.98 Å². The molecule has 4 aromatic rings. The third kappa shape index (κ3) is 1.57. The van der Waals surface area contributed by atoms with Gasteiger partial charge in [0, 0.05) is 39.9 Å². The minimum absolute atomic E-state index is 0.669. The summed E-state index contributed by atoms with van der Waals surface area (Å²) in [5.41, 5.74) is 4.62. The third-order valence-electron chi connectivity index (χ3n) is 3.46. The van der Waals surface area contributed by atoms with Gasteiger partial charge in [0.05, 0.1) is 11.6 Å². The van der Waals surface area contributed by atoms with Crippen molar-refractivity contribution in [2.75, 3.05) is 0 Å². The number of aromatic nitrogens is 3. The topological polar surface area (TPSA) is 68.3 Å². The summed E-state index contributed by atoms with van der Waals surface area (Å²) in [5.74, 6) is 0. The molecule has 0 spiro atoms. The van der Waals surface area contributed by atoms with Crippen molar-refractivity contribution in [3.05, 3.63) is 54.4 Å². The van der Waals surface area contributed by atoms with Gasteiger partial charge in [0.15, 0.2) is 0 Å². The number of pyridine rings is 1. The number of nitriles is 1. The van der Waals surface area contributed by atoms with E-state index in [4.69, 9.17) is 5.26 Å². The second-order valence-electron chi connectivity index (χ2n) is 4.74. The molecule has 0 atom stereocenters. The maximum absolute atomic E-state index is 8.94. The van der Waals surface area contributed by atoms with Crippen LogP contribution >= 0.6 is 0 Å². The number of benzene rings is 1. The highest BCUT2D eigenvalue weighted by molar-refractivity contribution is 5.88. The Morgan fingerprint density at radius 3 is 2.90 bits per heavy atom. The standard InChI is InChI=1S/C16H10N4/c17-8-10-1-2-14-12(5-10)7-15(20-14)13-6-11-3-4-18-16(11)19-9-13/h1-7,9,20H,(H,18,19). The van der Waals surface area contributed by atoms with Crippen LogP contribution in [0.4, 0.5) is 0 Å². The van der Waals surface area contributed by atoms with Crippen LogP contribution in [0.15, 0.2) is 48.8 Å². The summed E-state index contributed by atoms with van der Waals surface area (Å²) in [6.07, 6.45) is 3.72. The molecular formula is C16H10N4. The van der Waals surface area contributed by atoms with Gasteiger partial charge in [-0.15, -0.1) is 0 Å². The highest BCUT2D eigenvalue weighted by atomic mass is 14.8. The fourth-order valence-corrected chi connectivity index (χ4v) is 2.44. The lowest BCUT2D eigenvalue weighted by atomic mass is 10.1. The first-order valence-corrected chi connectivity index (χ1v) is 6.30. The first kappa shape index (κ1) is 10.8. The molecule has 0 saturated heterocycles. The molecule has 0 aliphatic rings. The van der Waals surface area contributed by atoms with E-state index in [9.17, 15) is 0 Å². The van der Waals surface area contributed by atoms with Gasteiger partial charge in [-0.05, 0) is 36.4 Å². The molecule has 1 aromatic carbocycles. The molecular weight excluding hydrogens is 248 g/mol. The maximum Gasteiger partial charge on any atom is 0.137 e. The van der Waals surface area contributed by atoms with Gasteiger partial charge in [0.25, 0.3) is 0 Å². The number of aromatic amines is 2. The highest BCUT2D eigenvalue weighted by Crippen LogP contribution is 2.26. The van der Waals surface area contributed by atoms with Crippen molar-refractivity contribution in [1.29, 1.82) is 5.26 Å². The van der Waals surface area contributed by atoms with Gasteiger partial charge in [-0.3, -0.25) is 0 Å². The second kappa shape index (κ2) is 3.97. The number of hydrogen-bond acceptors (Lipinski definition) is 2. The number of nitrogens with one attached hydrogen (secondary N) is 2. The molecule has 3 aromatic heterocycles. The summed E-state index contributed by atoms with van der Waals surface area (Å²) >= 11 is 0. The van der Waals surface area contributed by atoms with Crippen molar-refractivity contribution in [2.45, 2.75) is 0 Å². The fourth-order valence-electron chi connectivity index (χ4n) is 2.44. The van der Waals surface area contributed by atoms with Crippen LogP contribution in [0.5, 0.6) is 0 Å². The zero-order valence-corrected chi connectivity index (χ0v) is 10.5. The summed E-state index contributed by atoms with van der Waals surface area (Å²) in [7, 11) is 0. The number of hydrogen-bond donors (Lipinski definition) is 2. The van der Waals surface area contributed by atoms with Crippen molar-refractivity contribution >= 4 is 21.9 Å². The van der Waals surface area contributed by atoms with Crippen LogP contribution in [-0.4, -0.2) is 15.0 Å². The molecule has 0 bridgehead atoms. The molecule has 0 fully saturated rings. The van der Waals surface area contributed by atoms with Crippen LogP contribution in [-0.2, 0) is 0 Å². The predicted molar refractivity (Wildman–Crippen MR) is 78.1 cm³/mol. The molecule has 2 N–H and O–H groups in total. The Kier molecular flexibility index (Phi) is 2.15. The zero-order valence-electron chi connectivity index (χ0n) is 10.5. The van der Waals surface area contributed by atoms with E-state index in [1.165, 1.54) is 0 Å². The Morgan fingerprint density at radius 2 is 2.00 bits per heavy atom. The van der Waals surface area contributed by atoms with Crippen LogP contribution < -0.4 is 0 Å². The minimum Gasteiger partial charge on any atom is -0.354 e. The summed E-state index contributed by atoms with van der Waals surface area (Å²) in [4.78, 5) is 10.8. The number of nitrogens with zero attached hydrogens (tertiary/aromatic N) is 2. The lowest BCUT2D eigenvalue weighted by molar-refractivity contribution is 1.32. The highest BCUT2D eigenvalue weighted by Gasteiger charge is 2.06. The molecule has 0 unspecified atom stereocenters. The SMILES string of the molecule is N#Cc1ccc2[nH]c(-c3cnc4[nH]ccc4c3)cc2c1. The molecule has 0 saturated carbocycles. The van der Waals surface area contributed by atoms with Crippen molar-refractivity contribution in [1.82, 2.24) is 15.0 Å². The normalized spacial score (nSPS) is 10.9. The summed E-state index contributed by atoms with van der Waals surface area (Å²) < 4.78 is 0. The van der Waals surface area contributed by atoms with E-state index in [0.29, 0.717) is 5.56 Å². The smallest absolute Gasteiger partial charge is 0.137 e. The van der Waals surface area contributed by atoms with Crippen LogP contribution in [0.2, 0.25) is 0 Å². The molecule has 4 heteroatoms. The Bertz CT molecular complexity index is 969. The van der Waals surface area contributed by atoms with Crippen molar-refractivity contribution in [2.24, 2.45) is 0 Å². The average Bonchev–Trinajstić information content (AvgIpc) is 3.11. The summed E-state index contributed by atoms with van der Waals surface area (Å²) in [6, 6.07) is 13.9. The zero-order chi connectivity index (χ0) is 13.5. The Hall–Kier alpha value is -3.06. The molecule has 20 heavy (non-hydrogen) atoms. The first-order chi connectivity index (χ1) is 9.83. The van der Waals surface area contributed by atoms with E-state index in [1.807, 2.05) is 42.7 Å². The fraction of sp³-hybridized carbons (Fsp3) is 0. The van der Waals surface area contributed by atoms with E-state index < -0.39 is 0 Å². The van der Waals surface area contributed by atoms with Crippen LogP contribution in [0.1, 0.15) is 5.56 Å². The van der Waals surface area contributed by atoms with Gasteiger partial charge >= 0.3 is 0 Å². The molecule has 0 aliphatic heterocycles. The largest absolute Gasteiger partial charge is 0.354 e. The first-order valence-electron chi connectivity index (χ1n) is 6.30. The number of fused-ring (bicyclic) bond motifs is 2. The van der Waals surface area contributed by atoms with Crippen molar-refractivity contribution < 1.29 is 0 Å².